The number of hydrogen-bond acceptors (Lipinski definition) is 10. The minimum atomic E-state index is -0.864. The molecule has 5 rings (SSSR count). The van der Waals surface area contributed by atoms with Crippen molar-refractivity contribution in [1.29, 1.82) is 5.41 Å². The Labute approximate surface area is 229 Å². The molecule has 5 unspecified atom stereocenters. The number of nitrogens with one attached hydrogen (secondary N) is 2. The van der Waals surface area contributed by atoms with E-state index >= 15 is 0 Å². The van der Waals surface area contributed by atoms with Gasteiger partial charge in [0.1, 0.15) is 18.4 Å². The molecule has 1 aliphatic heterocycles. The summed E-state index contributed by atoms with van der Waals surface area (Å²) in [5.74, 6) is -0.0807. The number of hydrogen-bond donors (Lipinski definition) is 3. The van der Waals surface area contributed by atoms with Gasteiger partial charge in [0.2, 0.25) is 5.90 Å². The maximum Gasteiger partial charge on any atom is 0.338 e. The first-order valence-corrected chi connectivity index (χ1v) is 14.1. The lowest BCUT2D eigenvalue weighted by molar-refractivity contribution is -0.455. The number of anilines is 1. The molecule has 1 aromatic carbocycles. The Bertz CT molecular complexity index is 1320. The SMILES string of the molecule is CCCSc1nc(NC2CC2c2ccc(F)c(F)c2)c2c(n1)[N+](=C1CC(OCC(=N)OCC)C(C)C1O)N=N2. The Morgan fingerprint density at radius 2 is 2.08 bits per heavy atom. The summed E-state index contributed by atoms with van der Waals surface area (Å²) < 4.78 is 39.8. The average Bonchev–Trinajstić information content (AvgIpc) is 3.46. The zero-order valence-corrected chi connectivity index (χ0v) is 22.8. The van der Waals surface area contributed by atoms with Gasteiger partial charge in [-0.3, -0.25) is 5.41 Å². The van der Waals surface area contributed by atoms with Crippen molar-refractivity contribution in [3.63, 3.8) is 0 Å². The van der Waals surface area contributed by atoms with Gasteiger partial charge in [0.25, 0.3) is 10.8 Å². The number of halogens is 2. The van der Waals surface area contributed by atoms with E-state index < -0.39 is 17.7 Å². The number of aliphatic hydroxyl groups excluding tert-OH is 1. The average molecular weight is 561 g/mol. The van der Waals surface area contributed by atoms with Crippen molar-refractivity contribution in [3.05, 3.63) is 35.4 Å². The molecule has 2 aromatic rings. The normalized spacial score (nSPS) is 27.1. The van der Waals surface area contributed by atoms with Gasteiger partial charge in [-0.1, -0.05) is 36.7 Å². The van der Waals surface area contributed by atoms with E-state index in [0.717, 1.165) is 30.2 Å². The summed E-state index contributed by atoms with van der Waals surface area (Å²) >= 11 is 1.51. The Morgan fingerprint density at radius 3 is 2.82 bits per heavy atom. The number of aromatic nitrogens is 2. The third-order valence-corrected chi connectivity index (χ3v) is 8.11. The molecule has 2 saturated carbocycles. The molecule has 3 N–H and O–H groups in total. The minimum absolute atomic E-state index is 0.0205. The molecule has 10 nitrogen and oxygen atoms in total. The number of fused-ring (bicyclic) bond motifs is 1. The second-order valence-corrected chi connectivity index (χ2v) is 10.9. The first kappa shape index (κ1) is 27.5. The third-order valence-electron chi connectivity index (χ3n) is 7.05. The predicted octanol–water partition coefficient (Wildman–Crippen LogP) is 5.12. The first-order valence-electron chi connectivity index (χ1n) is 13.1. The Balaban J connectivity index is 1.40. The van der Waals surface area contributed by atoms with Crippen LogP contribution in [-0.2, 0) is 9.47 Å². The Morgan fingerprint density at radius 1 is 1.26 bits per heavy atom. The molecule has 0 spiro atoms. The number of aliphatic hydroxyl groups is 1. The van der Waals surface area contributed by atoms with E-state index in [-0.39, 0.29) is 36.5 Å². The Kier molecular flexibility index (Phi) is 8.19. The second-order valence-electron chi connectivity index (χ2n) is 9.85. The van der Waals surface area contributed by atoms with Crippen LogP contribution in [0.25, 0.3) is 0 Å². The lowest BCUT2D eigenvalue weighted by atomic mass is 10.1. The van der Waals surface area contributed by atoms with Crippen LogP contribution in [0, 0.1) is 23.0 Å². The highest BCUT2D eigenvalue weighted by Gasteiger charge is 2.45. The standard InChI is InChI=1S/C26H32F2N7O3S/c1-4-8-39-26-31-24(30-18-10-15(18)14-6-7-16(27)17(28)9-14)22-25(32-26)35(34-33-22)19-11-20(13(3)23(19)36)38-12-21(29)37-5-2/h6-7,9,13,15,18,20,23,29,36H,4-5,8,10-12H2,1-3H3,(H,30,31,32)/q+1. The zero-order chi connectivity index (χ0) is 27.7. The van der Waals surface area contributed by atoms with Crippen molar-refractivity contribution in [3.8, 4) is 0 Å². The molecule has 0 bridgehead atoms. The van der Waals surface area contributed by atoms with Crippen LogP contribution in [0.15, 0.2) is 33.7 Å². The first-order chi connectivity index (χ1) is 18.8. The summed E-state index contributed by atoms with van der Waals surface area (Å²) in [4.78, 5) is 9.41. The molecule has 1 aromatic heterocycles. The quantitative estimate of drug-likeness (QED) is 0.121. The van der Waals surface area contributed by atoms with Crippen molar-refractivity contribution in [1.82, 2.24) is 9.97 Å². The smallest absolute Gasteiger partial charge is 0.338 e. The Hall–Kier alpha value is -3.03. The number of ether oxygens (including phenoxy) is 2. The molecule has 208 valence electrons. The molecular weight excluding hydrogens is 528 g/mol. The number of nitrogens with zero attached hydrogens (tertiary/aromatic N) is 5. The highest BCUT2D eigenvalue weighted by Crippen LogP contribution is 2.47. The van der Waals surface area contributed by atoms with Crippen molar-refractivity contribution >= 4 is 40.7 Å². The van der Waals surface area contributed by atoms with Gasteiger partial charge in [0.05, 0.1) is 17.9 Å². The minimum Gasteiger partial charge on any atom is -0.480 e. The lowest BCUT2D eigenvalue weighted by Gasteiger charge is -2.17. The monoisotopic (exact) mass is 560 g/mol. The van der Waals surface area contributed by atoms with Gasteiger partial charge in [-0.2, -0.15) is 4.98 Å². The molecule has 3 aliphatic rings. The summed E-state index contributed by atoms with van der Waals surface area (Å²) in [6.45, 7) is 6.19. The summed E-state index contributed by atoms with van der Waals surface area (Å²) in [5.41, 5.74) is 1.80. The fraction of sp³-hybridized carbons (Fsp3) is 0.538. The van der Waals surface area contributed by atoms with Crippen LogP contribution >= 0.6 is 11.8 Å². The van der Waals surface area contributed by atoms with E-state index in [1.54, 1.807) is 10.8 Å². The van der Waals surface area contributed by atoms with Crippen LogP contribution in [0.1, 0.15) is 51.5 Å². The maximum atomic E-state index is 13.8. The molecule has 13 heteroatoms. The molecule has 0 amide bonds. The van der Waals surface area contributed by atoms with Crippen molar-refractivity contribution in [2.24, 2.45) is 16.3 Å². The third kappa shape index (κ3) is 5.80. The van der Waals surface area contributed by atoms with E-state index in [4.69, 9.17) is 24.9 Å². The summed E-state index contributed by atoms with van der Waals surface area (Å²) in [6.07, 6.45) is 0.917. The van der Waals surface area contributed by atoms with Crippen LogP contribution < -0.4 is 5.32 Å². The van der Waals surface area contributed by atoms with E-state index in [0.29, 0.717) is 41.2 Å². The van der Waals surface area contributed by atoms with Gasteiger partial charge < -0.3 is 19.9 Å². The van der Waals surface area contributed by atoms with Crippen LogP contribution in [0.5, 0.6) is 0 Å². The fourth-order valence-electron chi connectivity index (χ4n) is 4.83. The van der Waals surface area contributed by atoms with Gasteiger partial charge >= 0.3 is 5.82 Å². The summed E-state index contributed by atoms with van der Waals surface area (Å²) in [6, 6.07) is 3.97. The van der Waals surface area contributed by atoms with Gasteiger partial charge in [-0.05, 0) is 37.5 Å². The van der Waals surface area contributed by atoms with Gasteiger partial charge in [0, 0.05) is 35.2 Å². The fourth-order valence-corrected chi connectivity index (χ4v) is 5.52. The molecule has 39 heavy (non-hydrogen) atoms. The molecular formula is C26H32F2N7O3S+. The number of thioether (sulfide) groups is 1. The van der Waals surface area contributed by atoms with Crippen LogP contribution in [-0.4, -0.2) is 68.6 Å². The number of benzene rings is 1. The molecule has 2 heterocycles. The van der Waals surface area contributed by atoms with Crippen LogP contribution in [0.4, 0.5) is 26.1 Å². The molecule has 2 aliphatic carbocycles. The topological polar surface area (TPSA) is 128 Å². The zero-order valence-electron chi connectivity index (χ0n) is 22.0. The summed E-state index contributed by atoms with van der Waals surface area (Å²) in [5, 5.41) is 31.5. The molecule has 0 saturated heterocycles. The van der Waals surface area contributed by atoms with Crippen molar-refractivity contribution < 1.29 is 28.0 Å². The van der Waals surface area contributed by atoms with E-state index in [2.05, 4.69) is 22.6 Å². The number of rotatable bonds is 10. The van der Waals surface area contributed by atoms with E-state index in [1.807, 2.05) is 13.8 Å². The van der Waals surface area contributed by atoms with E-state index in [1.165, 1.54) is 17.8 Å². The van der Waals surface area contributed by atoms with Gasteiger partial charge in [-0.15, -0.1) is 4.68 Å². The lowest BCUT2D eigenvalue weighted by Crippen LogP contribution is -2.27. The van der Waals surface area contributed by atoms with Crippen molar-refractivity contribution in [2.45, 2.75) is 69.4 Å². The van der Waals surface area contributed by atoms with Crippen LogP contribution in [0.3, 0.4) is 0 Å². The van der Waals surface area contributed by atoms with Crippen molar-refractivity contribution in [2.75, 3.05) is 24.3 Å². The molecule has 0 radical (unpaired) electrons. The predicted molar refractivity (Wildman–Crippen MR) is 142 cm³/mol. The molecule has 2 fully saturated rings. The van der Waals surface area contributed by atoms with E-state index in [9.17, 15) is 13.9 Å². The highest BCUT2D eigenvalue weighted by atomic mass is 32.2. The van der Waals surface area contributed by atoms with Gasteiger partial charge in [-0.25, -0.2) is 8.78 Å². The largest absolute Gasteiger partial charge is 0.480 e. The van der Waals surface area contributed by atoms with Gasteiger partial charge in [0.15, 0.2) is 17.5 Å². The van der Waals surface area contributed by atoms with Crippen LogP contribution in [0.2, 0.25) is 0 Å². The summed E-state index contributed by atoms with van der Waals surface area (Å²) in [7, 11) is 0. The molecule has 5 atom stereocenters. The second kappa shape index (κ2) is 11.6. The maximum absolute atomic E-state index is 13.8. The highest BCUT2D eigenvalue weighted by molar-refractivity contribution is 7.99.